The van der Waals surface area contributed by atoms with Crippen molar-refractivity contribution in [3.63, 3.8) is 0 Å². The fourth-order valence-corrected chi connectivity index (χ4v) is 7.18. The molecule has 1 aliphatic heterocycles. The highest BCUT2D eigenvalue weighted by molar-refractivity contribution is 9.10. The van der Waals surface area contributed by atoms with Crippen LogP contribution < -0.4 is 24.4 Å². The first-order valence-corrected chi connectivity index (χ1v) is 15.6. The monoisotopic (exact) mass is 656 g/mol. The highest BCUT2D eigenvalue weighted by Gasteiger charge is 2.35. The van der Waals surface area contributed by atoms with Gasteiger partial charge in [-0.3, -0.25) is 9.36 Å². The number of methoxy groups -OCH3 is 1. The number of thiazole rings is 1. The summed E-state index contributed by atoms with van der Waals surface area (Å²) < 4.78 is 19.6. The zero-order valence-electron chi connectivity index (χ0n) is 24.1. The SMILES string of the molecule is CCOC(=O)C1=C(C)N=c2s/c(=C/c3c4ccccc4cc4ccccc34)c(=O)n2[C@@H]1c1cc(OC)c(OCC)cc1Br. The van der Waals surface area contributed by atoms with Gasteiger partial charge >= 0.3 is 5.97 Å². The van der Waals surface area contributed by atoms with Gasteiger partial charge in [-0.05, 0) is 77.7 Å². The predicted molar refractivity (Wildman–Crippen MR) is 174 cm³/mol. The summed E-state index contributed by atoms with van der Waals surface area (Å²) in [6.07, 6.45) is 1.95. The van der Waals surface area contributed by atoms with Gasteiger partial charge in [-0.2, -0.15) is 0 Å². The van der Waals surface area contributed by atoms with E-state index in [2.05, 4.69) is 46.3 Å². The number of carbonyl (C=O) groups excluding carboxylic acids is 1. The molecule has 0 radical (unpaired) electrons. The number of benzene rings is 4. The van der Waals surface area contributed by atoms with Gasteiger partial charge in [0.2, 0.25) is 0 Å². The molecule has 0 aliphatic carbocycles. The molecule has 218 valence electrons. The number of carbonyl (C=O) groups is 1. The number of esters is 1. The van der Waals surface area contributed by atoms with E-state index in [9.17, 15) is 9.59 Å². The zero-order chi connectivity index (χ0) is 30.2. The van der Waals surface area contributed by atoms with E-state index in [-0.39, 0.29) is 12.2 Å². The lowest BCUT2D eigenvalue weighted by molar-refractivity contribution is -0.139. The Bertz CT molecular complexity index is 2080. The Hall–Kier alpha value is -4.21. The van der Waals surface area contributed by atoms with E-state index in [1.165, 1.54) is 11.3 Å². The molecule has 0 N–H and O–H groups in total. The molecule has 2 heterocycles. The molecule has 6 rings (SSSR count). The van der Waals surface area contributed by atoms with E-state index < -0.39 is 12.0 Å². The summed E-state index contributed by atoms with van der Waals surface area (Å²) in [4.78, 5) is 33.0. The molecule has 7 nitrogen and oxygen atoms in total. The highest BCUT2D eigenvalue weighted by atomic mass is 79.9. The fraction of sp³-hybridized carbons (Fsp3) is 0.206. The fourth-order valence-electron chi connectivity index (χ4n) is 5.61. The third-order valence-electron chi connectivity index (χ3n) is 7.48. The molecule has 0 bridgehead atoms. The second kappa shape index (κ2) is 11.8. The van der Waals surface area contributed by atoms with Gasteiger partial charge in [-0.15, -0.1) is 0 Å². The topological polar surface area (TPSA) is 79.1 Å². The minimum absolute atomic E-state index is 0.189. The van der Waals surface area contributed by atoms with Crippen LogP contribution in [0.15, 0.2) is 92.3 Å². The Labute approximate surface area is 260 Å². The minimum Gasteiger partial charge on any atom is -0.493 e. The van der Waals surface area contributed by atoms with Crippen molar-refractivity contribution < 1.29 is 19.0 Å². The Balaban J connectivity index is 1.65. The lowest BCUT2D eigenvalue weighted by atomic mass is 9.95. The molecule has 5 aromatic rings. The Morgan fingerprint density at radius 3 is 2.30 bits per heavy atom. The standard InChI is InChI=1S/C34H29BrN2O5S/c1-5-41-28-18-26(35)25(16-27(28)40-4)31-30(33(39)42-6-2)19(3)36-34-37(31)32(38)29(43-34)17-24-22-13-9-7-11-20(22)15-21-12-8-10-14-23(21)24/h7-18,31H,5-6H2,1-4H3/b29-17+/t31-/m1/s1. The van der Waals surface area contributed by atoms with Crippen LogP contribution in [-0.2, 0) is 9.53 Å². The van der Waals surface area contributed by atoms with Crippen LogP contribution in [0, 0.1) is 0 Å². The number of fused-ring (bicyclic) bond motifs is 3. The average Bonchev–Trinajstić information content (AvgIpc) is 3.30. The first-order valence-electron chi connectivity index (χ1n) is 14.0. The second-order valence-corrected chi connectivity index (χ2v) is 11.9. The van der Waals surface area contributed by atoms with Crippen molar-refractivity contribution >= 4 is 60.9 Å². The van der Waals surface area contributed by atoms with Crippen molar-refractivity contribution in [2.75, 3.05) is 20.3 Å². The van der Waals surface area contributed by atoms with E-state index in [1.807, 2.05) is 37.3 Å². The van der Waals surface area contributed by atoms with Gasteiger partial charge < -0.3 is 14.2 Å². The molecule has 0 fully saturated rings. The molecule has 1 atom stereocenters. The number of aromatic nitrogens is 1. The number of hydrogen-bond donors (Lipinski definition) is 0. The Morgan fingerprint density at radius 1 is 1.00 bits per heavy atom. The Morgan fingerprint density at radius 2 is 1.67 bits per heavy atom. The van der Waals surface area contributed by atoms with Crippen molar-refractivity contribution in [2.45, 2.75) is 26.8 Å². The number of nitrogens with zero attached hydrogens (tertiary/aromatic N) is 2. The molecule has 0 saturated heterocycles. The number of ether oxygens (including phenoxy) is 3. The summed E-state index contributed by atoms with van der Waals surface area (Å²) in [5.41, 5.74) is 2.15. The normalized spacial score (nSPS) is 15.0. The molecule has 0 saturated carbocycles. The summed E-state index contributed by atoms with van der Waals surface area (Å²) in [5, 5.41) is 4.27. The third-order valence-corrected chi connectivity index (χ3v) is 9.15. The van der Waals surface area contributed by atoms with Gasteiger partial charge in [0, 0.05) is 4.47 Å². The highest BCUT2D eigenvalue weighted by Crippen LogP contribution is 2.41. The number of hydrogen-bond acceptors (Lipinski definition) is 7. The lowest BCUT2D eigenvalue weighted by Crippen LogP contribution is -2.40. The summed E-state index contributed by atoms with van der Waals surface area (Å²) >= 11 is 4.98. The largest absolute Gasteiger partial charge is 0.493 e. The minimum atomic E-state index is -0.805. The summed E-state index contributed by atoms with van der Waals surface area (Å²) in [5.74, 6) is 0.513. The maximum absolute atomic E-state index is 14.4. The van der Waals surface area contributed by atoms with Crippen LogP contribution in [-0.4, -0.2) is 30.9 Å². The van der Waals surface area contributed by atoms with Crippen LogP contribution in [0.25, 0.3) is 27.6 Å². The molecule has 1 aromatic heterocycles. The first kappa shape index (κ1) is 28.9. The summed E-state index contributed by atoms with van der Waals surface area (Å²) in [6.45, 7) is 6.06. The van der Waals surface area contributed by atoms with Crippen LogP contribution in [0.1, 0.15) is 37.9 Å². The van der Waals surface area contributed by atoms with Gasteiger partial charge in [0.1, 0.15) is 0 Å². The predicted octanol–water partition coefficient (Wildman–Crippen LogP) is 6.27. The van der Waals surface area contributed by atoms with Crippen LogP contribution >= 0.6 is 27.3 Å². The van der Waals surface area contributed by atoms with Crippen LogP contribution in [0.5, 0.6) is 11.5 Å². The van der Waals surface area contributed by atoms with Crippen LogP contribution in [0.2, 0.25) is 0 Å². The number of halogens is 1. The molecule has 9 heteroatoms. The Kier molecular flexibility index (Phi) is 7.94. The van der Waals surface area contributed by atoms with E-state index in [1.54, 1.807) is 37.7 Å². The lowest BCUT2D eigenvalue weighted by Gasteiger charge is -2.26. The van der Waals surface area contributed by atoms with Crippen molar-refractivity contribution in [1.82, 2.24) is 4.57 Å². The zero-order valence-corrected chi connectivity index (χ0v) is 26.5. The molecular weight excluding hydrogens is 628 g/mol. The quantitative estimate of drug-likeness (QED) is 0.152. The van der Waals surface area contributed by atoms with Gasteiger partial charge in [-0.1, -0.05) is 75.8 Å². The van der Waals surface area contributed by atoms with Crippen molar-refractivity contribution in [2.24, 2.45) is 4.99 Å². The molecule has 1 aliphatic rings. The maximum atomic E-state index is 14.4. The summed E-state index contributed by atoms with van der Waals surface area (Å²) in [6, 6.07) is 21.3. The van der Waals surface area contributed by atoms with E-state index >= 15 is 0 Å². The molecule has 43 heavy (non-hydrogen) atoms. The molecule has 0 unspecified atom stereocenters. The van der Waals surface area contributed by atoms with Gasteiger partial charge in [0.25, 0.3) is 5.56 Å². The maximum Gasteiger partial charge on any atom is 0.338 e. The van der Waals surface area contributed by atoms with E-state index in [0.29, 0.717) is 48.7 Å². The molecule has 0 spiro atoms. The average molecular weight is 658 g/mol. The van der Waals surface area contributed by atoms with Gasteiger partial charge in [0.05, 0.1) is 42.2 Å². The molecule has 0 amide bonds. The van der Waals surface area contributed by atoms with E-state index in [4.69, 9.17) is 19.2 Å². The smallest absolute Gasteiger partial charge is 0.338 e. The second-order valence-electron chi connectivity index (χ2n) is 9.99. The van der Waals surface area contributed by atoms with Crippen molar-refractivity contribution in [1.29, 1.82) is 0 Å². The van der Waals surface area contributed by atoms with Crippen molar-refractivity contribution in [3.8, 4) is 11.5 Å². The van der Waals surface area contributed by atoms with E-state index in [0.717, 1.165) is 27.1 Å². The number of rotatable bonds is 7. The molecular formula is C34H29BrN2O5S. The van der Waals surface area contributed by atoms with Crippen LogP contribution in [0.4, 0.5) is 0 Å². The third kappa shape index (κ3) is 5.06. The summed E-state index contributed by atoms with van der Waals surface area (Å²) in [7, 11) is 1.56. The first-order chi connectivity index (χ1) is 20.9. The van der Waals surface area contributed by atoms with Gasteiger partial charge in [0.15, 0.2) is 16.3 Å². The van der Waals surface area contributed by atoms with Gasteiger partial charge in [-0.25, -0.2) is 9.79 Å². The van der Waals surface area contributed by atoms with Crippen LogP contribution in [0.3, 0.4) is 0 Å². The molecule has 4 aromatic carbocycles. The number of allylic oxidation sites excluding steroid dienone is 1. The van der Waals surface area contributed by atoms with Crippen molar-refractivity contribution in [3.05, 3.63) is 113 Å².